The van der Waals surface area contributed by atoms with Crippen LogP contribution < -0.4 is 30.7 Å². The molecule has 4 aromatic rings. The van der Waals surface area contributed by atoms with Crippen molar-refractivity contribution in [3.05, 3.63) is 101 Å². The summed E-state index contributed by atoms with van der Waals surface area (Å²) in [6, 6.07) is 19.7. The Morgan fingerprint density at radius 2 is 1.67 bits per heavy atom. The highest BCUT2D eigenvalue weighted by Gasteiger charge is 2.64. The molecule has 1 aromatic heterocycles. The number of rotatable bonds is 19. The summed E-state index contributed by atoms with van der Waals surface area (Å²) in [4.78, 5) is 59.4. The number of unbranched alkanes of at least 4 members (excludes halogenated alkanes) is 2. The number of nitrogens with zero attached hydrogens (tertiary/aromatic N) is 3. The zero-order valence-electron chi connectivity index (χ0n) is 39.7. The molecular weight excluding hydrogens is 874 g/mol. The lowest BCUT2D eigenvalue weighted by Gasteiger charge is -2.63. The molecule has 358 valence electrons. The van der Waals surface area contributed by atoms with E-state index in [0.717, 1.165) is 36.1 Å². The van der Waals surface area contributed by atoms with E-state index in [1.807, 2.05) is 52.0 Å². The van der Waals surface area contributed by atoms with Crippen molar-refractivity contribution >= 4 is 35.2 Å². The molecule has 1 saturated heterocycles. The molecular formula is C51H64ClN7O8. The normalized spacial score (nSPS) is 19.9. The van der Waals surface area contributed by atoms with Gasteiger partial charge in [0, 0.05) is 53.6 Å². The van der Waals surface area contributed by atoms with Crippen molar-refractivity contribution in [3.8, 4) is 28.9 Å². The largest absolute Gasteiger partial charge is 0.494 e. The van der Waals surface area contributed by atoms with Crippen molar-refractivity contribution in [3.63, 3.8) is 0 Å². The Balaban J connectivity index is 0.878. The minimum Gasteiger partial charge on any atom is -0.494 e. The number of carbonyl (C=O) groups is 4. The van der Waals surface area contributed by atoms with Gasteiger partial charge in [0.15, 0.2) is 12.2 Å². The summed E-state index contributed by atoms with van der Waals surface area (Å²) in [7, 11) is 0. The second-order valence-corrected chi connectivity index (χ2v) is 20.3. The molecule has 16 heteroatoms. The maximum absolute atomic E-state index is 14.0. The number of likely N-dealkylation sites (tertiary alicyclic amines) is 1. The standard InChI is InChI=1S/C51H64ClN7O8/c1-31-42(66-30-56-31)33-14-12-32(13-15-33)27-55-45(63)40-24-36(60)29-59(40)46(64)43(49(2,3)4)57-41(61)28-54-22-10-9-11-23-65-37-19-16-34(17-20-37)44(62)58-47-50(5,6)48(51(47,7)8)67-38-21-18-35(26-53)39(52)25-38/h12-21,25,30,36,40,43,47-48,54,60H,9-11,22-24,27-29H2,1-8H3,(H,55,63)(H,57,61)(H,58,62)/t36-,40+,43?,47?,48?/m1/s1. The quantitative estimate of drug-likeness (QED) is 0.0623. The number of oxazole rings is 1. The van der Waals surface area contributed by atoms with Gasteiger partial charge in [0.2, 0.25) is 17.7 Å². The highest BCUT2D eigenvalue weighted by molar-refractivity contribution is 6.31. The van der Waals surface area contributed by atoms with Crippen LogP contribution in [0.2, 0.25) is 5.02 Å². The number of aliphatic hydroxyl groups is 1. The van der Waals surface area contributed by atoms with Crippen molar-refractivity contribution in [2.75, 3.05) is 26.2 Å². The van der Waals surface area contributed by atoms with Crippen LogP contribution in [0.1, 0.15) is 101 Å². The molecule has 1 saturated carbocycles. The van der Waals surface area contributed by atoms with Crippen molar-refractivity contribution < 1.29 is 38.2 Å². The average Bonchev–Trinajstić information content (AvgIpc) is 3.91. The monoisotopic (exact) mass is 937 g/mol. The lowest BCUT2D eigenvalue weighted by molar-refractivity contribution is -0.164. The lowest BCUT2D eigenvalue weighted by atomic mass is 9.49. The Morgan fingerprint density at radius 3 is 2.30 bits per heavy atom. The minimum absolute atomic E-state index is 0.00896. The molecule has 3 aromatic carbocycles. The van der Waals surface area contributed by atoms with E-state index in [-0.39, 0.29) is 66.8 Å². The molecule has 1 unspecified atom stereocenters. The summed E-state index contributed by atoms with van der Waals surface area (Å²) in [6.45, 7) is 17.0. The summed E-state index contributed by atoms with van der Waals surface area (Å²) >= 11 is 6.23. The van der Waals surface area contributed by atoms with Gasteiger partial charge >= 0.3 is 0 Å². The topological polar surface area (TPSA) is 208 Å². The van der Waals surface area contributed by atoms with Gasteiger partial charge in [-0.25, -0.2) is 4.98 Å². The van der Waals surface area contributed by atoms with Crippen molar-refractivity contribution in [2.24, 2.45) is 16.2 Å². The number of aryl methyl sites for hydroxylation is 1. The number of nitrogens with one attached hydrogen (secondary N) is 4. The van der Waals surface area contributed by atoms with E-state index in [2.05, 4.69) is 60.0 Å². The van der Waals surface area contributed by atoms with E-state index < -0.39 is 29.5 Å². The van der Waals surface area contributed by atoms with E-state index in [1.54, 1.807) is 42.5 Å². The first-order valence-electron chi connectivity index (χ1n) is 22.9. The van der Waals surface area contributed by atoms with Gasteiger partial charge in [-0.2, -0.15) is 5.26 Å². The smallest absolute Gasteiger partial charge is 0.251 e. The number of ether oxygens (including phenoxy) is 2. The highest BCUT2D eigenvalue weighted by Crippen LogP contribution is 2.55. The summed E-state index contributed by atoms with van der Waals surface area (Å²) < 4.78 is 17.8. The molecule has 67 heavy (non-hydrogen) atoms. The molecule has 1 aliphatic heterocycles. The number of benzene rings is 3. The molecule has 0 spiro atoms. The Morgan fingerprint density at radius 1 is 0.985 bits per heavy atom. The van der Waals surface area contributed by atoms with Gasteiger partial charge in [-0.1, -0.05) is 84.3 Å². The summed E-state index contributed by atoms with van der Waals surface area (Å²) in [5.41, 5.74) is 1.96. The number of hydrogen-bond donors (Lipinski definition) is 5. The minimum atomic E-state index is -0.923. The Bertz CT molecular complexity index is 2410. The predicted octanol–water partition coefficient (Wildman–Crippen LogP) is 6.73. The van der Waals surface area contributed by atoms with Gasteiger partial charge in [-0.15, -0.1) is 0 Å². The highest BCUT2D eigenvalue weighted by atomic mass is 35.5. The zero-order chi connectivity index (χ0) is 48.7. The number of carbonyl (C=O) groups excluding carboxylic acids is 4. The van der Waals surface area contributed by atoms with Crippen LogP contribution in [0.5, 0.6) is 11.5 Å². The average molecular weight is 939 g/mol. The van der Waals surface area contributed by atoms with Crippen LogP contribution in [0.15, 0.2) is 77.5 Å². The van der Waals surface area contributed by atoms with E-state index >= 15 is 0 Å². The van der Waals surface area contributed by atoms with Gasteiger partial charge in [0.05, 0.1) is 35.5 Å². The summed E-state index contributed by atoms with van der Waals surface area (Å²) in [6.07, 6.45) is 2.85. The van der Waals surface area contributed by atoms with E-state index in [1.165, 1.54) is 11.3 Å². The van der Waals surface area contributed by atoms with Crippen molar-refractivity contribution in [1.82, 2.24) is 31.2 Å². The fourth-order valence-corrected chi connectivity index (χ4v) is 9.64. The Kier molecular flexibility index (Phi) is 16.1. The van der Waals surface area contributed by atoms with E-state index in [9.17, 15) is 29.5 Å². The third kappa shape index (κ3) is 12.2. The Hall–Kier alpha value is -5.95. The first-order chi connectivity index (χ1) is 31.7. The number of halogens is 1. The second kappa shape index (κ2) is 21.3. The molecule has 4 amide bonds. The van der Waals surface area contributed by atoms with E-state index in [0.29, 0.717) is 46.6 Å². The fraction of sp³-hybridized carbons (Fsp3) is 0.490. The number of aromatic nitrogens is 1. The molecule has 2 fully saturated rings. The predicted molar refractivity (Wildman–Crippen MR) is 254 cm³/mol. The maximum Gasteiger partial charge on any atom is 0.251 e. The van der Waals surface area contributed by atoms with Crippen LogP contribution in [0.25, 0.3) is 11.3 Å². The first kappa shape index (κ1) is 50.5. The third-order valence-corrected chi connectivity index (χ3v) is 13.1. The van der Waals surface area contributed by atoms with Gasteiger partial charge in [0.25, 0.3) is 5.91 Å². The SMILES string of the molecule is Cc1ncoc1-c1ccc(CNC(=O)[C@@H]2C[C@@H](O)CN2C(=O)C(NC(=O)CNCCCCCOc2ccc(C(=O)NC3C(C)(C)C(Oc4ccc(C#N)c(Cl)c4)C3(C)C)cc2)C(C)(C)C)cc1. The second-order valence-electron chi connectivity index (χ2n) is 19.9. The summed E-state index contributed by atoms with van der Waals surface area (Å²) in [5, 5.41) is 32.3. The molecule has 2 heterocycles. The number of aliphatic hydroxyl groups excluding tert-OH is 1. The van der Waals surface area contributed by atoms with Crippen LogP contribution in [0.4, 0.5) is 0 Å². The maximum atomic E-state index is 14.0. The van der Waals surface area contributed by atoms with E-state index in [4.69, 9.17) is 25.5 Å². The van der Waals surface area contributed by atoms with Gasteiger partial charge in [-0.3, -0.25) is 19.2 Å². The zero-order valence-corrected chi connectivity index (χ0v) is 40.5. The van der Waals surface area contributed by atoms with Crippen molar-refractivity contribution in [1.29, 1.82) is 5.26 Å². The van der Waals surface area contributed by atoms with Crippen LogP contribution in [-0.2, 0) is 20.9 Å². The van der Waals surface area contributed by atoms with Crippen molar-refractivity contribution in [2.45, 2.75) is 118 Å². The van der Waals surface area contributed by atoms with Gasteiger partial charge < -0.3 is 45.2 Å². The number of amides is 4. The third-order valence-electron chi connectivity index (χ3n) is 12.8. The molecule has 2 aliphatic rings. The molecule has 0 radical (unpaired) electrons. The molecule has 1 aliphatic carbocycles. The number of β-amino-alcohol motifs (C(OH)–C–C–N with tert-alkyl or cyclic N) is 1. The molecule has 15 nitrogen and oxygen atoms in total. The molecule has 6 rings (SSSR count). The van der Waals surface area contributed by atoms with Gasteiger partial charge in [-0.05, 0) is 80.1 Å². The van der Waals surface area contributed by atoms with Crippen LogP contribution in [-0.4, -0.2) is 95.2 Å². The first-order valence-corrected chi connectivity index (χ1v) is 23.2. The molecule has 5 N–H and O–H groups in total. The summed E-state index contributed by atoms with van der Waals surface area (Å²) in [5.74, 6) is 0.584. The Labute approximate surface area is 398 Å². The number of hydrogen-bond acceptors (Lipinski definition) is 11. The fourth-order valence-electron chi connectivity index (χ4n) is 9.43. The molecule has 0 bridgehead atoms. The van der Waals surface area contributed by atoms with Gasteiger partial charge in [0.1, 0.15) is 35.8 Å². The van der Waals surface area contributed by atoms with Crippen LogP contribution in [0.3, 0.4) is 0 Å². The van der Waals surface area contributed by atoms with Crippen LogP contribution >= 0.6 is 11.6 Å². The lowest BCUT2D eigenvalue weighted by Crippen LogP contribution is -2.74. The molecule has 3 atom stereocenters. The van der Waals surface area contributed by atoms with Crippen LogP contribution in [0, 0.1) is 34.5 Å². The number of nitriles is 1.